The molecule has 0 spiro atoms. The maximum atomic E-state index is 13.6. The van der Waals surface area contributed by atoms with E-state index in [9.17, 15) is 18.0 Å². The van der Waals surface area contributed by atoms with E-state index in [0.717, 1.165) is 42.7 Å². The zero-order chi connectivity index (χ0) is 26.5. The largest absolute Gasteiger partial charge is 0.352 e. The van der Waals surface area contributed by atoms with Crippen molar-refractivity contribution >= 4 is 62.3 Å². The zero-order valence-corrected chi connectivity index (χ0v) is 23.3. The Balaban J connectivity index is 1.91. The van der Waals surface area contributed by atoms with E-state index in [1.54, 1.807) is 43.3 Å². The summed E-state index contributed by atoms with van der Waals surface area (Å²) in [4.78, 5) is 28.2. The van der Waals surface area contributed by atoms with Crippen LogP contribution in [0.5, 0.6) is 0 Å². The summed E-state index contributed by atoms with van der Waals surface area (Å²) in [5, 5.41) is 4.06. The minimum absolute atomic E-state index is 0.0496. The highest BCUT2D eigenvalue weighted by Gasteiger charge is 2.32. The maximum Gasteiger partial charge on any atom is 0.244 e. The van der Waals surface area contributed by atoms with E-state index in [2.05, 4.69) is 5.32 Å². The van der Waals surface area contributed by atoms with Gasteiger partial charge in [0.15, 0.2) is 0 Å². The summed E-state index contributed by atoms with van der Waals surface area (Å²) >= 11 is 18.8. The predicted molar refractivity (Wildman–Crippen MR) is 145 cm³/mol. The number of benzene rings is 2. The van der Waals surface area contributed by atoms with Gasteiger partial charge in [-0.2, -0.15) is 0 Å². The molecule has 3 rings (SSSR count). The van der Waals surface area contributed by atoms with Crippen molar-refractivity contribution in [3.63, 3.8) is 0 Å². The van der Waals surface area contributed by atoms with Crippen molar-refractivity contribution in [3.8, 4) is 0 Å². The minimum atomic E-state index is -3.85. The van der Waals surface area contributed by atoms with Gasteiger partial charge in [-0.3, -0.25) is 13.9 Å². The molecule has 11 heteroatoms. The number of nitrogens with one attached hydrogen (secondary N) is 1. The lowest BCUT2D eigenvalue weighted by Crippen LogP contribution is -2.53. The second-order valence-corrected chi connectivity index (χ2v) is 12.1. The molecule has 0 radical (unpaired) electrons. The number of nitrogens with zero attached hydrogens (tertiary/aromatic N) is 2. The molecular weight excluding hydrogens is 545 g/mol. The van der Waals surface area contributed by atoms with Gasteiger partial charge in [0.25, 0.3) is 0 Å². The van der Waals surface area contributed by atoms with Crippen molar-refractivity contribution in [3.05, 3.63) is 63.1 Å². The maximum absolute atomic E-state index is 13.6. The molecule has 2 aromatic carbocycles. The molecule has 0 saturated heterocycles. The first-order valence-electron chi connectivity index (χ1n) is 11.7. The molecule has 0 heterocycles. The van der Waals surface area contributed by atoms with Gasteiger partial charge in [0.2, 0.25) is 21.8 Å². The van der Waals surface area contributed by atoms with Crippen LogP contribution in [0.25, 0.3) is 0 Å². The molecule has 1 saturated carbocycles. The van der Waals surface area contributed by atoms with Crippen molar-refractivity contribution in [2.75, 3.05) is 17.1 Å². The van der Waals surface area contributed by atoms with Crippen molar-refractivity contribution in [2.24, 2.45) is 0 Å². The zero-order valence-electron chi connectivity index (χ0n) is 20.2. The quantitative estimate of drug-likeness (QED) is 0.442. The van der Waals surface area contributed by atoms with Crippen LogP contribution >= 0.6 is 34.8 Å². The lowest BCUT2D eigenvalue weighted by Gasteiger charge is -2.33. The Bertz CT molecular complexity index is 1180. The van der Waals surface area contributed by atoms with E-state index in [1.165, 1.54) is 11.0 Å². The summed E-state index contributed by atoms with van der Waals surface area (Å²) in [6.45, 7) is 1.02. The Labute approximate surface area is 227 Å². The third-order valence-electron chi connectivity index (χ3n) is 6.28. The monoisotopic (exact) mass is 573 g/mol. The molecular formula is C25H30Cl3N3O4S. The van der Waals surface area contributed by atoms with E-state index >= 15 is 0 Å². The van der Waals surface area contributed by atoms with E-state index in [4.69, 9.17) is 34.8 Å². The molecule has 1 atom stereocenters. The number of rotatable bonds is 9. The van der Waals surface area contributed by atoms with Crippen LogP contribution in [0.3, 0.4) is 0 Å². The summed E-state index contributed by atoms with van der Waals surface area (Å²) in [5.74, 6) is -0.894. The fourth-order valence-corrected chi connectivity index (χ4v) is 5.79. The number of hydrogen-bond donors (Lipinski definition) is 1. The topological polar surface area (TPSA) is 86.8 Å². The summed E-state index contributed by atoms with van der Waals surface area (Å²) in [5.41, 5.74) is 0.716. The highest BCUT2D eigenvalue weighted by molar-refractivity contribution is 7.92. The van der Waals surface area contributed by atoms with Crippen molar-refractivity contribution in [1.29, 1.82) is 0 Å². The van der Waals surface area contributed by atoms with Gasteiger partial charge >= 0.3 is 0 Å². The second kappa shape index (κ2) is 12.5. The van der Waals surface area contributed by atoms with Gasteiger partial charge in [-0.25, -0.2) is 8.42 Å². The first-order valence-corrected chi connectivity index (χ1v) is 14.7. The third-order valence-corrected chi connectivity index (χ3v) is 8.37. The molecule has 1 fully saturated rings. The van der Waals surface area contributed by atoms with Gasteiger partial charge in [-0.1, -0.05) is 66.2 Å². The highest BCUT2D eigenvalue weighted by atomic mass is 35.5. The van der Waals surface area contributed by atoms with Crippen LogP contribution < -0.4 is 9.62 Å². The van der Waals surface area contributed by atoms with Gasteiger partial charge in [0.1, 0.15) is 12.6 Å². The first-order chi connectivity index (χ1) is 17.0. The van der Waals surface area contributed by atoms with Gasteiger partial charge in [0.05, 0.1) is 11.9 Å². The van der Waals surface area contributed by atoms with Crippen LogP contribution in [0.15, 0.2) is 42.5 Å². The normalized spacial score (nSPS) is 15.2. The van der Waals surface area contributed by atoms with Crippen LogP contribution in [-0.2, 0) is 26.2 Å². The Hall–Kier alpha value is -2.00. The van der Waals surface area contributed by atoms with E-state index < -0.39 is 28.5 Å². The average Bonchev–Trinajstić information content (AvgIpc) is 2.81. The standard InChI is InChI=1S/C25H30Cl3N3O4S/c1-17(25(33)29-19-9-4-3-5-10-19)30(15-21-22(27)12-7-13-23(21)28)24(32)16-31(36(2,34)35)20-11-6-8-18(26)14-20/h6-8,11-14,17,19H,3-5,9-10,15-16H2,1-2H3,(H,29,33). The molecule has 0 bridgehead atoms. The molecule has 2 amide bonds. The smallest absolute Gasteiger partial charge is 0.244 e. The van der Waals surface area contributed by atoms with E-state index in [-0.39, 0.29) is 24.2 Å². The lowest BCUT2D eigenvalue weighted by atomic mass is 9.95. The fourth-order valence-electron chi connectivity index (χ4n) is 4.25. The Kier molecular flexibility index (Phi) is 9.92. The van der Waals surface area contributed by atoms with Gasteiger partial charge in [-0.15, -0.1) is 0 Å². The number of halogens is 3. The van der Waals surface area contributed by atoms with Crippen LogP contribution in [-0.4, -0.2) is 50.0 Å². The predicted octanol–water partition coefficient (Wildman–Crippen LogP) is 5.28. The number of carbonyl (C=O) groups excluding carboxylic acids is 2. The SMILES string of the molecule is CC(C(=O)NC1CCCCC1)N(Cc1c(Cl)cccc1Cl)C(=O)CN(c1cccc(Cl)c1)S(C)(=O)=O. The fraction of sp³-hybridized carbons (Fsp3) is 0.440. The molecule has 196 valence electrons. The van der Waals surface area contributed by atoms with Gasteiger partial charge < -0.3 is 10.2 Å². The van der Waals surface area contributed by atoms with Crippen molar-refractivity contribution in [1.82, 2.24) is 10.2 Å². The number of anilines is 1. The molecule has 0 aromatic heterocycles. The van der Waals surface area contributed by atoms with Gasteiger partial charge in [0, 0.05) is 33.2 Å². The average molecular weight is 575 g/mol. The van der Waals surface area contributed by atoms with Gasteiger partial charge in [-0.05, 0) is 50.1 Å². The second-order valence-electron chi connectivity index (χ2n) is 8.99. The molecule has 1 unspecified atom stereocenters. The molecule has 0 aliphatic heterocycles. The summed E-state index contributed by atoms with van der Waals surface area (Å²) in [6.07, 6.45) is 6.01. The van der Waals surface area contributed by atoms with E-state index in [0.29, 0.717) is 20.6 Å². The summed E-state index contributed by atoms with van der Waals surface area (Å²) < 4.78 is 26.2. The first kappa shape index (κ1) is 28.6. The summed E-state index contributed by atoms with van der Waals surface area (Å²) in [6, 6.07) is 10.3. The third kappa shape index (κ3) is 7.51. The Morgan fingerprint density at radius 1 is 1.03 bits per heavy atom. The number of sulfonamides is 1. The Morgan fingerprint density at radius 2 is 1.64 bits per heavy atom. The molecule has 36 heavy (non-hydrogen) atoms. The molecule has 2 aromatic rings. The number of hydrogen-bond acceptors (Lipinski definition) is 4. The van der Waals surface area contributed by atoms with Crippen molar-refractivity contribution < 1.29 is 18.0 Å². The van der Waals surface area contributed by atoms with Crippen molar-refractivity contribution in [2.45, 2.75) is 57.7 Å². The van der Waals surface area contributed by atoms with Crippen LogP contribution in [0, 0.1) is 0 Å². The lowest BCUT2D eigenvalue weighted by molar-refractivity contribution is -0.139. The van der Waals surface area contributed by atoms with Crippen LogP contribution in [0.1, 0.15) is 44.6 Å². The summed E-state index contributed by atoms with van der Waals surface area (Å²) in [7, 11) is -3.85. The molecule has 1 aliphatic rings. The Morgan fingerprint density at radius 3 is 2.22 bits per heavy atom. The highest BCUT2D eigenvalue weighted by Crippen LogP contribution is 2.28. The van der Waals surface area contributed by atoms with E-state index in [1.807, 2.05) is 0 Å². The van der Waals surface area contributed by atoms with Crippen LogP contribution in [0.4, 0.5) is 5.69 Å². The minimum Gasteiger partial charge on any atom is -0.352 e. The molecule has 7 nitrogen and oxygen atoms in total. The molecule has 1 N–H and O–H groups in total. The number of carbonyl (C=O) groups is 2. The van der Waals surface area contributed by atoms with Crippen LogP contribution in [0.2, 0.25) is 15.1 Å². The number of amides is 2. The molecule has 1 aliphatic carbocycles.